The molecule has 1 saturated carbocycles. The lowest BCUT2D eigenvalue weighted by Crippen LogP contribution is -1.97. The summed E-state index contributed by atoms with van der Waals surface area (Å²) in [5.74, 6) is 0. The normalized spacial score (nSPS) is 17.7. The van der Waals surface area contributed by atoms with Crippen molar-refractivity contribution < 1.29 is 9.47 Å². The molecular formula is C8H15O2. The fraction of sp³-hybridized carbons (Fsp3) is 0.875. The van der Waals surface area contributed by atoms with Gasteiger partial charge in [0.25, 0.3) is 0 Å². The molecule has 0 amide bonds. The molecule has 1 aliphatic rings. The number of hydrogen-bond acceptors (Lipinski definition) is 2. The Morgan fingerprint density at radius 2 is 1.90 bits per heavy atom. The molecule has 2 heteroatoms. The van der Waals surface area contributed by atoms with E-state index in [0.29, 0.717) is 6.10 Å². The summed E-state index contributed by atoms with van der Waals surface area (Å²) < 4.78 is 10.1. The first-order valence-corrected chi connectivity index (χ1v) is 3.92. The van der Waals surface area contributed by atoms with Gasteiger partial charge in [-0.15, -0.1) is 0 Å². The smallest absolute Gasteiger partial charge is 0.0700 e. The number of hydrogen-bond donors (Lipinski definition) is 0. The summed E-state index contributed by atoms with van der Waals surface area (Å²) in [6, 6.07) is 0. The molecule has 0 saturated heterocycles. The minimum Gasteiger partial charge on any atom is -0.379 e. The van der Waals surface area contributed by atoms with Crippen LogP contribution >= 0.6 is 0 Å². The van der Waals surface area contributed by atoms with Gasteiger partial charge in [0.1, 0.15) is 0 Å². The van der Waals surface area contributed by atoms with Crippen LogP contribution in [-0.4, -0.2) is 19.3 Å². The maximum absolute atomic E-state index is 5.42. The van der Waals surface area contributed by atoms with E-state index in [1.807, 2.05) is 0 Å². The zero-order chi connectivity index (χ0) is 7.23. The van der Waals surface area contributed by atoms with E-state index in [9.17, 15) is 0 Å². The molecule has 1 rings (SSSR count). The quantitative estimate of drug-likeness (QED) is 0.527. The Hall–Kier alpha value is -0.0800. The Morgan fingerprint density at radius 3 is 2.50 bits per heavy atom. The summed E-state index contributed by atoms with van der Waals surface area (Å²) in [6.45, 7) is 1.65. The SMILES string of the molecule is [CH2]OCCCCOC1CC1. The molecule has 0 heterocycles. The van der Waals surface area contributed by atoms with E-state index in [1.54, 1.807) is 0 Å². The zero-order valence-electron chi connectivity index (χ0n) is 6.34. The Kier molecular flexibility index (Phi) is 3.76. The highest BCUT2D eigenvalue weighted by Crippen LogP contribution is 2.23. The van der Waals surface area contributed by atoms with Crippen LogP contribution in [0.2, 0.25) is 0 Å². The lowest BCUT2D eigenvalue weighted by atomic mass is 10.3. The molecule has 1 fully saturated rings. The van der Waals surface area contributed by atoms with Crippen LogP contribution in [0.25, 0.3) is 0 Å². The van der Waals surface area contributed by atoms with Gasteiger partial charge in [-0.05, 0) is 25.7 Å². The summed E-state index contributed by atoms with van der Waals surface area (Å²) in [7, 11) is 3.29. The van der Waals surface area contributed by atoms with E-state index >= 15 is 0 Å². The fourth-order valence-corrected chi connectivity index (χ4v) is 0.791. The van der Waals surface area contributed by atoms with Gasteiger partial charge in [-0.25, -0.2) is 0 Å². The van der Waals surface area contributed by atoms with Gasteiger partial charge in [0, 0.05) is 13.2 Å². The third kappa shape index (κ3) is 3.85. The van der Waals surface area contributed by atoms with Crippen molar-refractivity contribution in [3.05, 3.63) is 7.11 Å². The second-order valence-corrected chi connectivity index (χ2v) is 2.69. The van der Waals surface area contributed by atoms with Gasteiger partial charge in [0.05, 0.1) is 13.2 Å². The largest absolute Gasteiger partial charge is 0.379 e. The van der Waals surface area contributed by atoms with Crippen molar-refractivity contribution in [2.24, 2.45) is 0 Å². The summed E-state index contributed by atoms with van der Waals surface area (Å²) in [5, 5.41) is 0. The van der Waals surface area contributed by atoms with Gasteiger partial charge in [0.15, 0.2) is 0 Å². The molecular weight excluding hydrogens is 128 g/mol. The van der Waals surface area contributed by atoms with Crippen LogP contribution in [0.15, 0.2) is 0 Å². The molecule has 0 aliphatic heterocycles. The van der Waals surface area contributed by atoms with E-state index < -0.39 is 0 Å². The van der Waals surface area contributed by atoms with E-state index in [2.05, 4.69) is 11.8 Å². The van der Waals surface area contributed by atoms with Crippen LogP contribution in [0, 0.1) is 7.11 Å². The zero-order valence-corrected chi connectivity index (χ0v) is 6.34. The highest BCUT2D eigenvalue weighted by Gasteiger charge is 2.21. The van der Waals surface area contributed by atoms with Crippen molar-refractivity contribution in [3.63, 3.8) is 0 Å². The van der Waals surface area contributed by atoms with Crippen molar-refractivity contribution in [2.45, 2.75) is 31.8 Å². The Labute approximate surface area is 62.5 Å². The van der Waals surface area contributed by atoms with E-state index in [1.165, 1.54) is 12.8 Å². The predicted molar refractivity (Wildman–Crippen MR) is 39.5 cm³/mol. The van der Waals surface area contributed by atoms with Gasteiger partial charge in [0.2, 0.25) is 0 Å². The molecule has 59 valence electrons. The van der Waals surface area contributed by atoms with Crippen molar-refractivity contribution in [1.29, 1.82) is 0 Å². The van der Waals surface area contributed by atoms with Gasteiger partial charge in [-0.3, -0.25) is 0 Å². The van der Waals surface area contributed by atoms with Crippen LogP contribution in [0.3, 0.4) is 0 Å². The average molecular weight is 143 g/mol. The fourth-order valence-electron chi connectivity index (χ4n) is 0.791. The van der Waals surface area contributed by atoms with Gasteiger partial charge in [-0.2, -0.15) is 0 Å². The summed E-state index contributed by atoms with van der Waals surface area (Å²) >= 11 is 0. The minimum atomic E-state index is 0.598. The van der Waals surface area contributed by atoms with Crippen LogP contribution in [0.5, 0.6) is 0 Å². The molecule has 2 nitrogen and oxygen atoms in total. The second-order valence-electron chi connectivity index (χ2n) is 2.69. The maximum atomic E-state index is 5.42. The molecule has 10 heavy (non-hydrogen) atoms. The molecule has 0 unspecified atom stereocenters. The van der Waals surface area contributed by atoms with Crippen molar-refractivity contribution in [1.82, 2.24) is 0 Å². The standard InChI is InChI=1S/C8H15O2/c1-9-6-2-3-7-10-8-4-5-8/h8H,1-7H2. The molecule has 0 aromatic rings. The Balaban J connectivity index is 1.68. The molecule has 0 atom stereocenters. The van der Waals surface area contributed by atoms with Gasteiger partial charge >= 0.3 is 0 Å². The first-order valence-electron chi connectivity index (χ1n) is 3.92. The lowest BCUT2D eigenvalue weighted by Gasteiger charge is -2.00. The maximum Gasteiger partial charge on any atom is 0.0700 e. The molecule has 0 N–H and O–H groups in total. The topological polar surface area (TPSA) is 18.5 Å². The highest BCUT2D eigenvalue weighted by atomic mass is 16.5. The van der Waals surface area contributed by atoms with E-state index in [0.717, 1.165) is 26.1 Å². The second kappa shape index (κ2) is 4.69. The Morgan fingerprint density at radius 1 is 1.20 bits per heavy atom. The predicted octanol–water partition coefficient (Wildman–Crippen LogP) is 1.75. The number of unbranched alkanes of at least 4 members (excludes halogenated alkanes) is 1. The molecule has 0 spiro atoms. The van der Waals surface area contributed by atoms with Crippen molar-refractivity contribution in [2.75, 3.05) is 13.2 Å². The molecule has 0 aromatic carbocycles. The first kappa shape index (κ1) is 8.02. The third-order valence-corrected chi connectivity index (χ3v) is 1.56. The highest BCUT2D eigenvalue weighted by molar-refractivity contribution is 4.72. The number of ether oxygens (including phenoxy) is 2. The number of rotatable bonds is 6. The van der Waals surface area contributed by atoms with Crippen LogP contribution in [0.1, 0.15) is 25.7 Å². The molecule has 1 aliphatic carbocycles. The van der Waals surface area contributed by atoms with Crippen LogP contribution in [-0.2, 0) is 9.47 Å². The molecule has 0 bridgehead atoms. The summed E-state index contributed by atoms with van der Waals surface area (Å²) in [4.78, 5) is 0. The summed E-state index contributed by atoms with van der Waals surface area (Å²) in [5.41, 5.74) is 0. The summed E-state index contributed by atoms with van der Waals surface area (Å²) in [6.07, 6.45) is 5.31. The van der Waals surface area contributed by atoms with Crippen LogP contribution in [0.4, 0.5) is 0 Å². The Bertz CT molecular complexity index is 79.3. The monoisotopic (exact) mass is 143 g/mol. The minimum absolute atomic E-state index is 0.598. The van der Waals surface area contributed by atoms with E-state index in [-0.39, 0.29) is 0 Å². The van der Waals surface area contributed by atoms with Gasteiger partial charge in [-0.1, -0.05) is 0 Å². The average Bonchev–Trinajstić information content (AvgIpc) is 2.71. The first-order chi connectivity index (χ1) is 4.93. The van der Waals surface area contributed by atoms with Crippen molar-refractivity contribution >= 4 is 0 Å². The van der Waals surface area contributed by atoms with Gasteiger partial charge < -0.3 is 9.47 Å². The third-order valence-electron chi connectivity index (χ3n) is 1.56. The van der Waals surface area contributed by atoms with E-state index in [4.69, 9.17) is 4.74 Å². The molecule has 0 aromatic heterocycles. The lowest BCUT2D eigenvalue weighted by molar-refractivity contribution is 0.110. The van der Waals surface area contributed by atoms with Crippen molar-refractivity contribution in [3.8, 4) is 0 Å². The molecule has 1 radical (unpaired) electrons. The van der Waals surface area contributed by atoms with Crippen LogP contribution < -0.4 is 0 Å².